The zero-order chi connectivity index (χ0) is 14.8. The number of aliphatic carboxylic acids is 1. The van der Waals surface area contributed by atoms with Crippen molar-refractivity contribution < 1.29 is 14.7 Å². The third-order valence-electron chi connectivity index (χ3n) is 3.14. The van der Waals surface area contributed by atoms with E-state index in [-0.39, 0.29) is 12.3 Å². The molecule has 4 heteroatoms. The fraction of sp³-hybridized carbons (Fsp3) is 0.500. The van der Waals surface area contributed by atoms with Gasteiger partial charge in [-0.05, 0) is 31.4 Å². The summed E-state index contributed by atoms with van der Waals surface area (Å²) in [4.78, 5) is 24.5. The SMILES string of the molecule is CCCCN(C(=O)CCCCC(=O)O)c1ccccc1. The Hall–Kier alpha value is -1.84. The Morgan fingerprint density at radius 1 is 1.05 bits per heavy atom. The summed E-state index contributed by atoms with van der Waals surface area (Å²) in [5.41, 5.74) is 0.921. The molecular weight excluding hydrogens is 254 g/mol. The first kappa shape index (κ1) is 16.2. The predicted octanol–water partition coefficient (Wildman–Crippen LogP) is 3.46. The molecule has 0 aromatic heterocycles. The summed E-state index contributed by atoms with van der Waals surface area (Å²) in [5, 5.41) is 8.59. The first-order valence-electron chi connectivity index (χ1n) is 7.22. The second-order valence-electron chi connectivity index (χ2n) is 4.84. The van der Waals surface area contributed by atoms with E-state index in [1.165, 1.54) is 0 Å². The van der Waals surface area contributed by atoms with Gasteiger partial charge < -0.3 is 10.0 Å². The van der Waals surface area contributed by atoms with Gasteiger partial charge in [0, 0.05) is 25.1 Å². The molecule has 0 saturated heterocycles. The highest BCUT2D eigenvalue weighted by Gasteiger charge is 2.14. The Balaban J connectivity index is 2.54. The van der Waals surface area contributed by atoms with Gasteiger partial charge in [0.05, 0.1) is 0 Å². The van der Waals surface area contributed by atoms with Crippen LogP contribution in [-0.2, 0) is 9.59 Å². The lowest BCUT2D eigenvalue weighted by Crippen LogP contribution is -2.31. The summed E-state index contributed by atoms with van der Waals surface area (Å²) in [6.07, 6.45) is 3.73. The molecule has 0 spiro atoms. The van der Waals surface area contributed by atoms with Crippen LogP contribution in [0.4, 0.5) is 5.69 Å². The van der Waals surface area contributed by atoms with E-state index in [4.69, 9.17) is 5.11 Å². The maximum absolute atomic E-state index is 12.3. The number of hydrogen-bond acceptors (Lipinski definition) is 2. The Labute approximate surface area is 120 Å². The number of nitrogens with zero attached hydrogens (tertiary/aromatic N) is 1. The van der Waals surface area contributed by atoms with Gasteiger partial charge in [-0.25, -0.2) is 0 Å². The lowest BCUT2D eigenvalue weighted by atomic mass is 10.1. The van der Waals surface area contributed by atoms with E-state index >= 15 is 0 Å². The fourth-order valence-corrected chi connectivity index (χ4v) is 2.01. The van der Waals surface area contributed by atoms with E-state index in [1.54, 1.807) is 0 Å². The average molecular weight is 277 g/mol. The van der Waals surface area contributed by atoms with Crippen LogP contribution in [0.2, 0.25) is 0 Å². The molecule has 0 aliphatic carbocycles. The summed E-state index contributed by atoms with van der Waals surface area (Å²) in [6, 6.07) is 9.65. The molecule has 0 aliphatic rings. The molecule has 20 heavy (non-hydrogen) atoms. The number of unbranched alkanes of at least 4 members (excludes halogenated alkanes) is 2. The van der Waals surface area contributed by atoms with Crippen molar-refractivity contribution in [3.63, 3.8) is 0 Å². The summed E-state index contributed by atoms with van der Waals surface area (Å²) < 4.78 is 0. The van der Waals surface area contributed by atoms with Gasteiger partial charge in [0.15, 0.2) is 0 Å². The van der Waals surface area contributed by atoms with E-state index in [1.807, 2.05) is 35.2 Å². The molecule has 0 unspecified atom stereocenters. The van der Waals surface area contributed by atoms with Crippen LogP contribution in [0.3, 0.4) is 0 Å². The minimum atomic E-state index is -0.802. The lowest BCUT2D eigenvalue weighted by Gasteiger charge is -2.22. The normalized spacial score (nSPS) is 10.2. The van der Waals surface area contributed by atoms with Gasteiger partial charge in [-0.2, -0.15) is 0 Å². The van der Waals surface area contributed by atoms with E-state index in [2.05, 4.69) is 6.92 Å². The van der Waals surface area contributed by atoms with Gasteiger partial charge in [0.25, 0.3) is 0 Å². The van der Waals surface area contributed by atoms with Crippen LogP contribution in [0.15, 0.2) is 30.3 Å². The molecule has 1 amide bonds. The third kappa shape index (κ3) is 5.87. The van der Waals surface area contributed by atoms with Crippen molar-refractivity contribution in [1.29, 1.82) is 0 Å². The average Bonchev–Trinajstić information content (AvgIpc) is 2.45. The molecule has 0 bridgehead atoms. The number of carboxylic acids is 1. The van der Waals surface area contributed by atoms with Crippen LogP contribution in [0.25, 0.3) is 0 Å². The lowest BCUT2D eigenvalue weighted by molar-refractivity contribution is -0.137. The smallest absolute Gasteiger partial charge is 0.303 e. The third-order valence-corrected chi connectivity index (χ3v) is 3.14. The molecule has 0 aliphatic heterocycles. The molecule has 1 aromatic rings. The van der Waals surface area contributed by atoms with Crippen LogP contribution >= 0.6 is 0 Å². The molecule has 0 fully saturated rings. The maximum Gasteiger partial charge on any atom is 0.303 e. The number of carbonyl (C=O) groups excluding carboxylic acids is 1. The van der Waals surface area contributed by atoms with Crippen molar-refractivity contribution in [2.75, 3.05) is 11.4 Å². The molecule has 0 heterocycles. The van der Waals surface area contributed by atoms with Gasteiger partial charge in [0.1, 0.15) is 0 Å². The van der Waals surface area contributed by atoms with Crippen molar-refractivity contribution in [3.05, 3.63) is 30.3 Å². The number of carboxylic acid groups (broad SMARTS) is 1. The number of amides is 1. The van der Waals surface area contributed by atoms with Gasteiger partial charge in [-0.1, -0.05) is 31.5 Å². The molecule has 1 rings (SSSR count). The van der Waals surface area contributed by atoms with E-state index in [0.29, 0.717) is 19.3 Å². The van der Waals surface area contributed by atoms with Gasteiger partial charge in [0.2, 0.25) is 5.91 Å². The molecule has 1 N–H and O–H groups in total. The van der Waals surface area contributed by atoms with Crippen LogP contribution in [-0.4, -0.2) is 23.5 Å². The Bertz CT molecular complexity index is 417. The molecule has 0 radical (unpaired) electrons. The van der Waals surface area contributed by atoms with E-state index in [0.717, 1.165) is 25.1 Å². The zero-order valence-corrected chi connectivity index (χ0v) is 12.0. The number of para-hydroxylation sites is 1. The number of hydrogen-bond donors (Lipinski definition) is 1. The predicted molar refractivity (Wildman–Crippen MR) is 79.8 cm³/mol. The second-order valence-corrected chi connectivity index (χ2v) is 4.84. The number of carbonyl (C=O) groups is 2. The number of rotatable bonds is 9. The fourth-order valence-electron chi connectivity index (χ4n) is 2.01. The first-order valence-corrected chi connectivity index (χ1v) is 7.22. The van der Waals surface area contributed by atoms with Gasteiger partial charge >= 0.3 is 5.97 Å². The molecule has 4 nitrogen and oxygen atoms in total. The Morgan fingerprint density at radius 2 is 1.70 bits per heavy atom. The standard InChI is InChI=1S/C16H23NO3/c1-2-3-13-17(14-9-5-4-6-10-14)15(18)11-7-8-12-16(19)20/h4-6,9-10H,2-3,7-8,11-13H2,1H3,(H,19,20). The minimum Gasteiger partial charge on any atom is -0.481 e. The highest BCUT2D eigenvalue weighted by Crippen LogP contribution is 2.16. The van der Waals surface area contributed by atoms with Crippen LogP contribution in [0.5, 0.6) is 0 Å². The van der Waals surface area contributed by atoms with Crippen molar-refractivity contribution in [2.24, 2.45) is 0 Å². The van der Waals surface area contributed by atoms with Crippen molar-refractivity contribution >= 4 is 17.6 Å². The van der Waals surface area contributed by atoms with Crippen LogP contribution < -0.4 is 4.90 Å². The van der Waals surface area contributed by atoms with Crippen molar-refractivity contribution in [2.45, 2.75) is 45.4 Å². The first-order chi connectivity index (χ1) is 9.65. The van der Waals surface area contributed by atoms with E-state index < -0.39 is 5.97 Å². The van der Waals surface area contributed by atoms with Crippen molar-refractivity contribution in [3.8, 4) is 0 Å². The highest BCUT2D eigenvalue weighted by atomic mass is 16.4. The zero-order valence-electron chi connectivity index (χ0n) is 12.0. The molecule has 1 aromatic carbocycles. The van der Waals surface area contributed by atoms with Gasteiger partial charge in [-0.15, -0.1) is 0 Å². The van der Waals surface area contributed by atoms with E-state index in [9.17, 15) is 9.59 Å². The Morgan fingerprint density at radius 3 is 2.30 bits per heavy atom. The van der Waals surface area contributed by atoms with Crippen molar-refractivity contribution in [1.82, 2.24) is 0 Å². The maximum atomic E-state index is 12.3. The summed E-state index contributed by atoms with van der Waals surface area (Å²) in [5.74, 6) is -0.724. The van der Waals surface area contributed by atoms with Gasteiger partial charge in [-0.3, -0.25) is 9.59 Å². The largest absolute Gasteiger partial charge is 0.481 e. The number of anilines is 1. The quantitative estimate of drug-likeness (QED) is 0.703. The topological polar surface area (TPSA) is 57.6 Å². The highest BCUT2D eigenvalue weighted by molar-refractivity contribution is 5.93. The molecule has 0 atom stereocenters. The number of benzene rings is 1. The monoisotopic (exact) mass is 277 g/mol. The summed E-state index contributed by atoms with van der Waals surface area (Å²) in [7, 11) is 0. The Kier molecular flexibility index (Phi) is 7.40. The molecule has 0 saturated carbocycles. The molecule has 110 valence electrons. The summed E-state index contributed by atoms with van der Waals surface area (Å²) in [6.45, 7) is 2.82. The van der Waals surface area contributed by atoms with Crippen LogP contribution in [0.1, 0.15) is 45.4 Å². The second kappa shape index (κ2) is 9.13. The molecular formula is C16H23NO3. The summed E-state index contributed by atoms with van der Waals surface area (Å²) >= 11 is 0. The minimum absolute atomic E-state index is 0.0787. The van der Waals surface area contributed by atoms with Crippen LogP contribution in [0, 0.1) is 0 Å².